The summed E-state index contributed by atoms with van der Waals surface area (Å²) < 4.78 is 38.6. The Morgan fingerprint density at radius 1 is 1.43 bits per heavy atom. The lowest BCUT2D eigenvalue weighted by Crippen LogP contribution is -2.51. The van der Waals surface area contributed by atoms with Gasteiger partial charge in [0.2, 0.25) is 5.91 Å². The third-order valence-corrected chi connectivity index (χ3v) is 4.62. The molecule has 128 valence electrons. The lowest BCUT2D eigenvalue weighted by molar-refractivity contribution is -0.188. The predicted molar refractivity (Wildman–Crippen MR) is 83.1 cm³/mol. The van der Waals surface area contributed by atoms with Crippen molar-refractivity contribution in [2.45, 2.75) is 38.5 Å². The standard InChI is InChI=1S/C16H20ClF3N2O/c1-11(22-8-4-6-13(10-22)16(18,19)20)15(23)21-9-12-5-2-3-7-14(12)17/h2-3,5,7,11,13H,4,6,8-10H2,1H3,(H,21,23). The van der Waals surface area contributed by atoms with Gasteiger partial charge in [-0.1, -0.05) is 29.8 Å². The number of rotatable bonds is 4. The first kappa shape index (κ1) is 18.1. The van der Waals surface area contributed by atoms with Crippen LogP contribution in [0.4, 0.5) is 13.2 Å². The van der Waals surface area contributed by atoms with Crippen molar-refractivity contribution in [1.29, 1.82) is 0 Å². The first-order valence-corrected chi connectivity index (χ1v) is 7.98. The molecular weight excluding hydrogens is 329 g/mol. The third-order valence-electron chi connectivity index (χ3n) is 4.25. The second-order valence-corrected chi connectivity index (χ2v) is 6.27. The molecule has 23 heavy (non-hydrogen) atoms. The van der Waals surface area contributed by atoms with Crippen molar-refractivity contribution >= 4 is 17.5 Å². The van der Waals surface area contributed by atoms with Crippen LogP contribution in [0, 0.1) is 5.92 Å². The Morgan fingerprint density at radius 3 is 2.78 bits per heavy atom. The molecule has 0 bridgehead atoms. The van der Waals surface area contributed by atoms with Crippen LogP contribution in [0.25, 0.3) is 0 Å². The number of carbonyl (C=O) groups is 1. The van der Waals surface area contributed by atoms with Gasteiger partial charge in [0.05, 0.1) is 12.0 Å². The SMILES string of the molecule is CC(C(=O)NCc1ccccc1Cl)N1CCCC(C(F)(F)F)C1. The average molecular weight is 349 g/mol. The van der Waals surface area contributed by atoms with Gasteiger partial charge in [-0.05, 0) is 37.9 Å². The van der Waals surface area contributed by atoms with Gasteiger partial charge in [0.25, 0.3) is 0 Å². The summed E-state index contributed by atoms with van der Waals surface area (Å²) >= 11 is 6.02. The van der Waals surface area contributed by atoms with Crippen molar-refractivity contribution in [3.05, 3.63) is 34.9 Å². The fourth-order valence-corrected chi connectivity index (χ4v) is 2.97. The predicted octanol–water partition coefficient (Wildman–Crippen LogP) is 3.62. The van der Waals surface area contributed by atoms with E-state index in [-0.39, 0.29) is 25.4 Å². The van der Waals surface area contributed by atoms with Gasteiger partial charge >= 0.3 is 6.18 Å². The number of amides is 1. The zero-order chi connectivity index (χ0) is 17.0. The van der Waals surface area contributed by atoms with E-state index in [0.717, 1.165) is 5.56 Å². The zero-order valence-electron chi connectivity index (χ0n) is 12.9. The lowest BCUT2D eigenvalue weighted by Gasteiger charge is -2.36. The fraction of sp³-hybridized carbons (Fsp3) is 0.562. The smallest absolute Gasteiger partial charge is 0.351 e. The van der Waals surface area contributed by atoms with Crippen LogP contribution in [0.2, 0.25) is 5.02 Å². The van der Waals surface area contributed by atoms with E-state index in [2.05, 4.69) is 5.32 Å². The number of likely N-dealkylation sites (tertiary alicyclic amines) is 1. The number of halogens is 4. The maximum atomic E-state index is 12.9. The summed E-state index contributed by atoms with van der Waals surface area (Å²) in [5.74, 6) is -1.64. The molecule has 1 aliphatic rings. The Hall–Kier alpha value is -1.27. The quantitative estimate of drug-likeness (QED) is 0.901. The van der Waals surface area contributed by atoms with E-state index in [1.54, 1.807) is 30.0 Å². The van der Waals surface area contributed by atoms with Gasteiger partial charge in [-0.15, -0.1) is 0 Å². The molecule has 3 nitrogen and oxygen atoms in total. The second-order valence-electron chi connectivity index (χ2n) is 5.86. The number of piperidine rings is 1. The highest BCUT2D eigenvalue weighted by Crippen LogP contribution is 2.33. The van der Waals surface area contributed by atoms with Crippen LogP contribution in [-0.4, -0.2) is 36.1 Å². The van der Waals surface area contributed by atoms with Gasteiger partial charge in [0.1, 0.15) is 0 Å². The summed E-state index contributed by atoms with van der Waals surface area (Å²) in [4.78, 5) is 13.8. The average Bonchev–Trinajstić information content (AvgIpc) is 2.52. The van der Waals surface area contributed by atoms with Crippen molar-refractivity contribution in [3.8, 4) is 0 Å². The molecule has 1 amide bonds. The van der Waals surface area contributed by atoms with Crippen LogP contribution in [0.3, 0.4) is 0 Å². The normalized spacial score (nSPS) is 21.0. The largest absolute Gasteiger partial charge is 0.393 e. The monoisotopic (exact) mass is 348 g/mol. The molecule has 1 aromatic carbocycles. The fourth-order valence-electron chi connectivity index (χ4n) is 2.76. The number of carbonyl (C=O) groups excluding carboxylic acids is 1. The van der Waals surface area contributed by atoms with E-state index in [1.165, 1.54) is 0 Å². The summed E-state index contributed by atoms with van der Waals surface area (Å²) in [7, 11) is 0. The number of alkyl halides is 3. The van der Waals surface area contributed by atoms with Gasteiger partial charge in [0, 0.05) is 18.1 Å². The molecule has 1 saturated heterocycles. The number of benzene rings is 1. The van der Waals surface area contributed by atoms with Crippen molar-refractivity contribution < 1.29 is 18.0 Å². The molecule has 1 N–H and O–H groups in total. The van der Waals surface area contributed by atoms with Gasteiger partial charge in [-0.25, -0.2) is 0 Å². The Bertz CT molecular complexity index is 550. The Morgan fingerprint density at radius 2 is 2.13 bits per heavy atom. The molecule has 0 aromatic heterocycles. The first-order chi connectivity index (χ1) is 10.8. The Balaban J connectivity index is 1.90. The molecule has 7 heteroatoms. The molecule has 0 radical (unpaired) electrons. The van der Waals surface area contributed by atoms with E-state index >= 15 is 0 Å². The highest BCUT2D eigenvalue weighted by Gasteiger charge is 2.43. The minimum Gasteiger partial charge on any atom is -0.351 e. The van der Waals surface area contributed by atoms with Crippen LogP contribution in [0.1, 0.15) is 25.3 Å². The number of nitrogens with one attached hydrogen (secondary N) is 1. The topological polar surface area (TPSA) is 32.3 Å². The number of nitrogens with zero attached hydrogens (tertiary/aromatic N) is 1. The van der Waals surface area contributed by atoms with Crippen LogP contribution < -0.4 is 5.32 Å². The molecule has 2 unspecified atom stereocenters. The lowest BCUT2D eigenvalue weighted by atomic mass is 9.96. The summed E-state index contributed by atoms with van der Waals surface area (Å²) in [6, 6.07) is 6.54. The summed E-state index contributed by atoms with van der Waals surface area (Å²) in [6.07, 6.45) is -3.62. The minimum absolute atomic E-state index is 0.121. The first-order valence-electron chi connectivity index (χ1n) is 7.61. The Kier molecular flexibility index (Phi) is 5.92. The molecule has 1 heterocycles. The maximum Gasteiger partial charge on any atom is 0.393 e. The van der Waals surface area contributed by atoms with Crippen LogP contribution in [-0.2, 0) is 11.3 Å². The number of hydrogen-bond acceptors (Lipinski definition) is 2. The summed E-state index contributed by atoms with van der Waals surface area (Å²) in [5.41, 5.74) is 0.779. The molecule has 2 rings (SSSR count). The third kappa shape index (κ3) is 4.85. The van der Waals surface area contributed by atoms with Gasteiger partial charge in [0.15, 0.2) is 0 Å². The highest BCUT2D eigenvalue weighted by atomic mass is 35.5. The molecule has 0 spiro atoms. The van der Waals surface area contributed by atoms with Crippen LogP contribution in [0.5, 0.6) is 0 Å². The van der Waals surface area contributed by atoms with Crippen molar-refractivity contribution in [1.82, 2.24) is 10.2 Å². The summed E-state index contributed by atoms with van der Waals surface area (Å²) in [5, 5.41) is 3.30. The molecule has 1 aliphatic heterocycles. The van der Waals surface area contributed by atoms with Gasteiger partial charge in [-0.2, -0.15) is 13.2 Å². The van der Waals surface area contributed by atoms with Crippen LogP contribution in [0.15, 0.2) is 24.3 Å². The minimum atomic E-state index is -4.20. The van der Waals surface area contributed by atoms with E-state index in [0.29, 0.717) is 18.0 Å². The van der Waals surface area contributed by atoms with Gasteiger partial charge < -0.3 is 5.32 Å². The summed E-state index contributed by atoms with van der Waals surface area (Å²) in [6.45, 7) is 2.29. The molecule has 0 aliphatic carbocycles. The van der Waals surface area contributed by atoms with Crippen molar-refractivity contribution in [2.75, 3.05) is 13.1 Å². The highest BCUT2D eigenvalue weighted by molar-refractivity contribution is 6.31. The van der Waals surface area contributed by atoms with E-state index in [4.69, 9.17) is 11.6 Å². The molecule has 0 saturated carbocycles. The van der Waals surface area contributed by atoms with E-state index < -0.39 is 18.1 Å². The maximum absolute atomic E-state index is 12.9. The zero-order valence-corrected chi connectivity index (χ0v) is 13.6. The molecular formula is C16H20ClF3N2O. The molecule has 1 aromatic rings. The van der Waals surface area contributed by atoms with Crippen molar-refractivity contribution in [3.63, 3.8) is 0 Å². The number of hydrogen-bond donors (Lipinski definition) is 1. The van der Waals surface area contributed by atoms with E-state index in [9.17, 15) is 18.0 Å². The molecule has 2 atom stereocenters. The van der Waals surface area contributed by atoms with Gasteiger partial charge in [-0.3, -0.25) is 9.69 Å². The van der Waals surface area contributed by atoms with E-state index in [1.807, 2.05) is 6.07 Å². The van der Waals surface area contributed by atoms with Crippen LogP contribution >= 0.6 is 11.6 Å². The van der Waals surface area contributed by atoms with Crippen molar-refractivity contribution in [2.24, 2.45) is 5.92 Å². The molecule has 1 fully saturated rings. The second kappa shape index (κ2) is 7.53. The Labute approximate surface area is 138 Å².